The predicted octanol–water partition coefficient (Wildman–Crippen LogP) is 0.794. The summed E-state index contributed by atoms with van der Waals surface area (Å²) in [5.74, 6) is 2.28. The maximum atomic E-state index is 12.5. The topological polar surface area (TPSA) is 146 Å². The Balaban J connectivity index is 2.63. The summed E-state index contributed by atoms with van der Waals surface area (Å²) in [6, 6.07) is 8.84. The second-order valence-electron chi connectivity index (χ2n) is 7.43. The lowest BCUT2D eigenvalue weighted by atomic mass is 9.90. The van der Waals surface area contributed by atoms with E-state index in [1.165, 1.54) is 6.92 Å². The van der Waals surface area contributed by atoms with E-state index in [1.807, 2.05) is 6.07 Å². The molecule has 0 heterocycles. The van der Waals surface area contributed by atoms with E-state index in [2.05, 4.69) is 15.5 Å². The third-order valence-corrected chi connectivity index (χ3v) is 3.65. The zero-order chi connectivity index (χ0) is 22.1. The van der Waals surface area contributed by atoms with Crippen molar-refractivity contribution in [1.29, 1.82) is 0 Å². The Labute approximate surface area is 169 Å². The molecule has 0 aliphatic carbocycles. The summed E-state index contributed by atoms with van der Waals surface area (Å²) in [5.41, 5.74) is -1.87. The second-order valence-corrected chi connectivity index (χ2v) is 7.43. The molecule has 0 radical (unpaired) electrons. The van der Waals surface area contributed by atoms with Crippen LogP contribution in [-0.2, 0) is 35.3 Å². The molecule has 29 heavy (non-hydrogen) atoms. The lowest BCUT2D eigenvalue weighted by Crippen LogP contribution is -2.50. The molecule has 1 unspecified atom stereocenters. The zero-order valence-corrected chi connectivity index (χ0v) is 16.9. The fraction of sp³-hybridized carbons (Fsp3) is 0.474. The Hall–Kier alpha value is -3.14. The first-order valence-corrected chi connectivity index (χ1v) is 8.84. The number of carbonyl (C=O) groups is 4. The van der Waals surface area contributed by atoms with Gasteiger partial charge in [0.1, 0.15) is 12.2 Å². The summed E-state index contributed by atoms with van der Waals surface area (Å²) >= 11 is 0. The highest BCUT2D eigenvalue weighted by atomic mass is 16.7. The highest BCUT2D eigenvalue weighted by Gasteiger charge is 2.45. The Morgan fingerprint density at radius 3 is 2.14 bits per heavy atom. The average molecular weight is 409 g/mol. The maximum Gasteiger partial charge on any atom is 0.408 e. The van der Waals surface area contributed by atoms with Crippen molar-refractivity contribution in [2.45, 2.75) is 39.9 Å². The lowest BCUT2D eigenvalue weighted by molar-refractivity contribution is -0.172. The van der Waals surface area contributed by atoms with E-state index in [9.17, 15) is 19.2 Å². The van der Waals surface area contributed by atoms with Crippen molar-refractivity contribution in [3.63, 3.8) is 0 Å². The smallest absolute Gasteiger partial charge is 0.408 e. The van der Waals surface area contributed by atoms with Gasteiger partial charge in [0.15, 0.2) is 5.41 Å². The van der Waals surface area contributed by atoms with Crippen molar-refractivity contribution < 1.29 is 33.5 Å². The van der Waals surface area contributed by atoms with Crippen LogP contribution in [0, 0.1) is 5.41 Å². The van der Waals surface area contributed by atoms with Gasteiger partial charge in [-0.2, -0.15) is 5.90 Å². The standard InChI is InChI=1S/C19H27N3O7/c1-18(2,3)28-17(26)21-10-14(23)22-12-19(4,16(25)29-20)15(24)27-11-13-8-6-5-7-9-13/h5-9H,10-12,20H2,1-4H3,(H,21,26)(H,22,23). The van der Waals surface area contributed by atoms with Crippen LogP contribution < -0.4 is 16.5 Å². The highest BCUT2D eigenvalue weighted by Crippen LogP contribution is 2.20. The van der Waals surface area contributed by atoms with E-state index in [0.717, 1.165) is 5.56 Å². The van der Waals surface area contributed by atoms with Crippen LogP contribution in [0.4, 0.5) is 4.79 Å². The molecule has 0 aromatic heterocycles. The predicted molar refractivity (Wildman–Crippen MR) is 102 cm³/mol. The van der Waals surface area contributed by atoms with Gasteiger partial charge < -0.3 is 24.9 Å². The number of nitrogens with two attached hydrogens (primary N) is 1. The molecule has 0 aliphatic heterocycles. The number of hydrogen-bond acceptors (Lipinski definition) is 8. The van der Waals surface area contributed by atoms with Gasteiger partial charge >= 0.3 is 18.0 Å². The molecular weight excluding hydrogens is 382 g/mol. The molecule has 1 rings (SSSR count). The molecule has 4 N–H and O–H groups in total. The van der Waals surface area contributed by atoms with Crippen LogP contribution in [0.5, 0.6) is 0 Å². The fourth-order valence-corrected chi connectivity index (χ4v) is 2.04. The molecular formula is C19H27N3O7. The minimum absolute atomic E-state index is 0.0682. The number of carbonyl (C=O) groups excluding carboxylic acids is 4. The first kappa shape index (κ1) is 23.9. The van der Waals surface area contributed by atoms with Crippen LogP contribution in [0.15, 0.2) is 30.3 Å². The Bertz CT molecular complexity index is 731. The van der Waals surface area contributed by atoms with Crippen molar-refractivity contribution in [2.24, 2.45) is 11.3 Å². The van der Waals surface area contributed by atoms with Gasteiger partial charge in [-0.3, -0.25) is 9.59 Å². The molecule has 1 atom stereocenters. The minimum Gasteiger partial charge on any atom is -0.460 e. The monoisotopic (exact) mass is 409 g/mol. The molecule has 1 aromatic carbocycles. The van der Waals surface area contributed by atoms with Crippen LogP contribution >= 0.6 is 0 Å². The number of nitrogens with one attached hydrogen (secondary N) is 2. The van der Waals surface area contributed by atoms with Crippen LogP contribution in [0.25, 0.3) is 0 Å². The largest absolute Gasteiger partial charge is 0.460 e. The van der Waals surface area contributed by atoms with Gasteiger partial charge in [0.25, 0.3) is 0 Å². The summed E-state index contributed by atoms with van der Waals surface area (Å²) < 4.78 is 10.2. The van der Waals surface area contributed by atoms with Crippen LogP contribution in [-0.4, -0.2) is 42.6 Å². The molecule has 160 valence electrons. The number of ether oxygens (including phenoxy) is 2. The second kappa shape index (κ2) is 10.4. The molecule has 0 fully saturated rings. The molecule has 1 aromatic rings. The lowest BCUT2D eigenvalue weighted by Gasteiger charge is -2.24. The van der Waals surface area contributed by atoms with Gasteiger partial charge in [-0.15, -0.1) is 0 Å². The van der Waals surface area contributed by atoms with Crippen LogP contribution in [0.1, 0.15) is 33.3 Å². The number of hydrogen-bond donors (Lipinski definition) is 3. The van der Waals surface area contributed by atoms with E-state index in [0.29, 0.717) is 0 Å². The molecule has 10 heteroatoms. The quantitative estimate of drug-likeness (QED) is 0.324. The van der Waals surface area contributed by atoms with Crippen LogP contribution in [0.2, 0.25) is 0 Å². The van der Waals surface area contributed by atoms with Crippen LogP contribution in [0.3, 0.4) is 0 Å². The number of rotatable bonds is 8. The molecule has 0 spiro atoms. The molecule has 10 nitrogen and oxygen atoms in total. The Morgan fingerprint density at radius 1 is 0.966 bits per heavy atom. The van der Waals surface area contributed by atoms with Gasteiger partial charge in [-0.05, 0) is 33.3 Å². The van der Waals surface area contributed by atoms with Gasteiger partial charge in [-0.25, -0.2) is 9.59 Å². The first-order valence-electron chi connectivity index (χ1n) is 8.84. The van der Waals surface area contributed by atoms with Gasteiger partial charge in [0.05, 0.1) is 6.54 Å². The van der Waals surface area contributed by atoms with Crippen molar-refractivity contribution in [3.05, 3.63) is 35.9 Å². The summed E-state index contributed by atoms with van der Waals surface area (Å²) in [6.45, 7) is 5.35. The summed E-state index contributed by atoms with van der Waals surface area (Å²) in [7, 11) is 0. The normalized spacial score (nSPS) is 12.9. The van der Waals surface area contributed by atoms with Gasteiger partial charge in [0.2, 0.25) is 5.91 Å². The Kier molecular flexibility index (Phi) is 8.58. The number of alkyl carbamates (subject to hydrolysis) is 1. The zero-order valence-electron chi connectivity index (χ0n) is 16.9. The summed E-state index contributed by atoms with van der Waals surface area (Å²) in [5, 5.41) is 4.63. The Morgan fingerprint density at radius 2 is 1.59 bits per heavy atom. The van der Waals surface area contributed by atoms with Gasteiger partial charge in [0, 0.05) is 6.54 Å². The molecule has 0 aliphatic rings. The SMILES string of the molecule is CC(C)(C)OC(=O)NCC(=O)NCC(C)(C(=O)ON)C(=O)OCc1ccccc1. The molecule has 0 saturated heterocycles. The van der Waals surface area contributed by atoms with Gasteiger partial charge in [-0.1, -0.05) is 30.3 Å². The maximum absolute atomic E-state index is 12.5. The van der Waals surface area contributed by atoms with Crippen molar-refractivity contribution in [1.82, 2.24) is 10.6 Å². The van der Waals surface area contributed by atoms with E-state index in [4.69, 9.17) is 15.4 Å². The number of benzene rings is 1. The number of esters is 1. The van der Waals surface area contributed by atoms with E-state index in [1.54, 1.807) is 45.0 Å². The van der Waals surface area contributed by atoms with E-state index >= 15 is 0 Å². The fourth-order valence-electron chi connectivity index (χ4n) is 2.04. The van der Waals surface area contributed by atoms with Crippen molar-refractivity contribution in [3.8, 4) is 0 Å². The van der Waals surface area contributed by atoms with Crippen molar-refractivity contribution >= 4 is 23.9 Å². The third kappa shape index (κ3) is 8.18. The summed E-state index contributed by atoms with van der Waals surface area (Å²) in [6.07, 6.45) is -0.779. The first-order chi connectivity index (χ1) is 13.5. The summed E-state index contributed by atoms with van der Waals surface area (Å²) in [4.78, 5) is 52.2. The van der Waals surface area contributed by atoms with E-state index in [-0.39, 0.29) is 6.61 Å². The highest BCUT2D eigenvalue weighted by molar-refractivity contribution is 6.00. The molecule has 0 bridgehead atoms. The van der Waals surface area contributed by atoms with Crippen molar-refractivity contribution in [2.75, 3.05) is 13.1 Å². The minimum atomic E-state index is -1.87. The number of amides is 2. The molecule has 2 amide bonds. The van der Waals surface area contributed by atoms with E-state index < -0.39 is 48.0 Å². The average Bonchev–Trinajstić information content (AvgIpc) is 2.67. The molecule has 0 saturated carbocycles. The third-order valence-electron chi connectivity index (χ3n) is 3.65.